The predicted molar refractivity (Wildman–Crippen MR) is 208 cm³/mol. The zero-order valence-corrected chi connectivity index (χ0v) is 31.4. The molecule has 0 fully saturated rings. The molecule has 270 valence electrons. The first-order valence-corrected chi connectivity index (χ1v) is 19.2. The summed E-state index contributed by atoms with van der Waals surface area (Å²) in [6.45, 7) is 3.63. The monoisotopic (exact) mass is 757 g/mol. The highest BCUT2D eigenvalue weighted by atomic mass is 35.5. The van der Waals surface area contributed by atoms with Gasteiger partial charge in [0.15, 0.2) is 0 Å². The van der Waals surface area contributed by atoms with Crippen LogP contribution in [0.3, 0.4) is 0 Å². The number of carbonyl (C=O) groups excluding carboxylic acids is 2. The quantitative estimate of drug-likeness (QED) is 0.102. The molecule has 0 aliphatic rings. The van der Waals surface area contributed by atoms with Crippen LogP contribution in [-0.4, -0.2) is 44.3 Å². The summed E-state index contributed by atoms with van der Waals surface area (Å²) in [7, 11) is -4.28. The zero-order valence-electron chi connectivity index (χ0n) is 29.0. The molecule has 0 aliphatic carbocycles. The summed E-state index contributed by atoms with van der Waals surface area (Å²) in [5.41, 5.74) is 2.50. The lowest BCUT2D eigenvalue weighted by Crippen LogP contribution is -2.53. The molecule has 0 heterocycles. The summed E-state index contributed by atoms with van der Waals surface area (Å²) >= 11 is 12.8. The van der Waals surface area contributed by atoms with Gasteiger partial charge >= 0.3 is 0 Å². The second kappa shape index (κ2) is 18.1. The molecule has 0 saturated carbocycles. The minimum atomic E-state index is -4.28. The van der Waals surface area contributed by atoms with Crippen LogP contribution in [0.25, 0.3) is 0 Å². The van der Waals surface area contributed by atoms with Gasteiger partial charge in [0.25, 0.3) is 10.0 Å². The number of amides is 2. The van der Waals surface area contributed by atoms with Crippen molar-refractivity contribution >= 4 is 50.7 Å². The minimum Gasteiger partial charge on any atom is -0.457 e. The highest BCUT2D eigenvalue weighted by Gasteiger charge is 2.35. The number of anilines is 1. The number of para-hydroxylation sites is 1. The molecular formula is C41H41Cl2N3O5S. The molecule has 1 atom stereocenters. The van der Waals surface area contributed by atoms with Crippen LogP contribution < -0.4 is 14.4 Å². The second-order valence-electron chi connectivity index (χ2n) is 12.3. The van der Waals surface area contributed by atoms with Crippen LogP contribution in [0.15, 0.2) is 132 Å². The summed E-state index contributed by atoms with van der Waals surface area (Å²) in [5.74, 6) is 0.149. The van der Waals surface area contributed by atoms with E-state index in [4.69, 9.17) is 27.9 Å². The number of benzene rings is 5. The lowest BCUT2D eigenvalue weighted by molar-refractivity contribution is -0.140. The zero-order chi connectivity index (χ0) is 37.1. The van der Waals surface area contributed by atoms with Crippen molar-refractivity contribution in [2.24, 2.45) is 0 Å². The maximum atomic E-state index is 14.8. The Morgan fingerprint density at radius 1 is 0.808 bits per heavy atom. The lowest BCUT2D eigenvalue weighted by Gasteiger charge is -2.34. The molecule has 0 aliphatic heterocycles. The van der Waals surface area contributed by atoms with Gasteiger partial charge in [0.05, 0.1) is 10.6 Å². The molecule has 0 radical (unpaired) electrons. The Labute approximate surface area is 316 Å². The van der Waals surface area contributed by atoms with Gasteiger partial charge in [-0.1, -0.05) is 109 Å². The second-order valence-corrected chi connectivity index (χ2v) is 15.0. The van der Waals surface area contributed by atoms with Crippen LogP contribution in [0.5, 0.6) is 11.5 Å². The van der Waals surface area contributed by atoms with Crippen LogP contribution >= 0.6 is 23.2 Å². The Balaban J connectivity index is 1.56. The Bertz CT molecular complexity index is 2050. The number of carbonyl (C=O) groups is 2. The summed E-state index contributed by atoms with van der Waals surface area (Å²) in [5, 5.41) is 3.72. The Morgan fingerprint density at radius 2 is 1.44 bits per heavy atom. The van der Waals surface area contributed by atoms with E-state index in [9.17, 15) is 18.0 Å². The first-order valence-electron chi connectivity index (χ1n) is 17.0. The number of aryl methyl sites for hydroxylation is 1. The number of hydrogen-bond acceptors (Lipinski definition) is 5. The average Bonchev–Trinajstić information content (AvgIpc) is 3.14. The van der Waals surface area contributed by atoms with Crippen LogP contribution in [0, 0.1) is 6.92 Å². The third kappa shape index (κ3) is 10.2. The highest BCUT2D eigenvalue weighted by Crippen LogP contribution is 2.30. The molecule has 8 nitrogen and oxygen atoms in total. The van der Waals surface area contributed by atoms with E-state index in [0.717, 1.165) is 28.3 Å². The van der Waals surface area contributed by atoms with E-state index in [-0.39, 0.29) is 29.5 Å². The van der Waals surface area contributed by atoms with Gasteiger partial charge in [-0.25, -0.2) is 8.42 Å². The lowest BCUT2D eigenvalue weighted by atomic mass is 10.0. The number of unbranched alkanes of at least 4 members (excludes halogenated alkanes) is 1. The normalized spacial score (nSPS) is 11.8. The summed E-state index contributed by atoms with van der Waals surface area (Å²) < 4.78 is 35.8. The van der Waals surface area contributed by atoms with Crippen molar-refractivity contribution in [1.29, 1.82) is 0 Å². The minimum absolute atomic E-state index is 0.0148. The molecule has 11 heteroatoms. The fourth-order valence-electron chi connectivity index (χ4n) is 5.56. The molecule has 2 amide bonds. The maximum absolute atomic E-state index is 14.8. The number of nitrogens with zero attached hydrogens (tertiary/aromatic N) is 2. The third-order valence-corrected chi connectivity index (χ3v) is 10.8. The van der Waals surface area contributed by atoms with Crippen molar-refractivity contribution < 1.29 is 22.7 Å². The van der Waals surface area contributed by atoms with Crippen molar-refractivity contribution in [2.75, 3.05) is 17.4 Å². The van der Waals surface area contributed by atoms with E-state index < -0.39 is 28.5 Å². The molecule has 0 saturated heterocycles. The Kier molecular flexibility index (Phi) is 13.4. The van der Waals surface area contributed by atoms with E-state index in [0.29, 0.717) is 33.7 Å². The van der Waals surface area contributed by atoms with Crippen LogP contribution in [0.2, 0.25) is 10.0 Å². The van der Waals surface area contributed by atoms with Gasteiger partial charge in [0, 0.05) is 29.6 Å². The van der Waals surface area contributed by atoms with Gasteiger partial charge < -0.3 is 15.0 Å². The first-order chi connectivity index (χ1) is 25.0. The molecular weight excluding hydrogens is 717 g/mol. The van der Waals surface area contributed by atoms with Crippen LogP contribution in [0.1, 0.15) is 36.5 Å². The third-order valence-electron chi connectivity index (χ3n) is 8.45. The molecule has 1 unspecified atom stereocenters. The molecule has 5 aromatic carbocycles. The largest absolute Gasteiger partial charge is 0.457 e. The molecule has 52 heavy (non-hydrogen) atoms. The van der Waals surface area contributed by atoms with Crippen molar-refractivity contribution in [3.63, 3.8) is 0 Å². The summed E-state index contributed by atoms with van der Waals surface area (Å²) in [6.07, 6.45) is 1.81. The van der Waals surface area contributed by atoms with E-state index >= 15 is 0 Å². The first kappa shape index (κ1) is 38.4. The fourth-order valence-corrected chi connectivity index (χ4v) is 7.45. The fraction of sp³-hybridized carbons (Fsp3) is 0.220. The molecule has 0 bridgehead atoms. The smallest absolute Gasteiger partial charge is 0.264 e. The van der Waals surface area contributed by atoms with Crippen molar-refractivity contribution in [3.8, 4) is 11.5 Å². The van der Waals surface area contributed by atoms with Crippen molar-refractivity contribution in [1.82, 2.24) is 10.2 Å². The highest BCUT2D eigenvalue weighted by molar-refractivity contribution is 7.92. The van der Waals surface area contributed by atoms with Crippen molar-refractivity contribution in [3.05, 3.63) is 154 Å². The number of rotatable bonds is 16. The SMILES string of the molecule is CCCCNC(=O)C(Cc1ccccc1)N(Cc1ccc(Cl)cc1Cl)C(=O)CN(c1ccc(Oc2ccccc2)cc1)S(=O)(=O)c1ccc(C)cc1. The number of nitrogens with one attached hydrogen (secondary N) is 1. The summed E-state index contributed by atoms with van der Waals surface area (Å²) in [6, 6.07) is 35.4. The van der Waals surface area contributed by atoms with Gasteiger partial charge in [-0.05, 0) is 85.1 Å². The Hall–Kier alpha value is -4.83. The Morgan fingerprint density at radius 3 is 2.08 bits per heavy atom. The van der Waals surface area contributed by atoms with E-state index in [1.165, 1.54) is 17.0 Å². The number of halogens is 2. The molecule has 1 N–H and O–H groups in total. The van der Waals surface area contributed by atoms with Gasteiger partial charge in [-0.15, -0.1) is 0 Å². The molecule has 0 aromatic heterocycles. The van der Waals surface area contributed by atoms with Gasteiger partial charge in [0.2, 0.25) is 11.8 Å². The van der Waals surface area contributed by atoms with E-state index in [1.807, 2.05) is 74.5 Å². The van der Waals surface area contributed by atoms with Gasteiger partial charge in [-0.3, -0.25) is 13.9 Å². The maximum Gasteiger partial charge on any atom is 0.264 e. The van der Waals surface area contributed by atoms with Gasteiger partial charge in [0.1, 0.15) is 24.1 Å². The number of ether oxygens (including phenoxy) is 1. The topological polar surface area (TPSA) is 96.0 Å². The van der Waals surface area contributed by atoms with Crippen LogP contribution in [-0.2, 0) is 32.6 Å². The molecule has 5 aromatic rings. The standard InChI is InChI=1S/C41H41Cl2N3O5S/c1-3-4-25-44-41(48)39(26-31-11-7-5-8-12-31)45(28-32-17-18-33(42)27-38(32)43)40(47)29-46(52(49,50)37-23-15-30(2)16-24-37)34-19-21-36(22-20-34)51-35-13-9-6-10-14-35/h5-24,27,39H,3-4,25-26,28-29H2,1-2H3,(H,44,48). The van der Waals surface area contributed by atoms with Gasteiger partial charge in [-0.2, -0.15) is 0 Å². The summed E-state index contributed by atoms with van der Waals surface area (Å²) in [4.78, 5) is 30.2. The average molecular weight is 759 g/mol. The molecule has 0 spiro atoms. The predicted octanol–water partition coefficient (Wildman–Crippen LogP) is 8.85. The molecule has 5 rings (SSSR count). The van der Waals surface area contributed by atoms with E-state index in [1.54, 1.807) is 54.6 Å². The number of sulfonamides is 1. The van der Waals surface area contributed by atoms with Crippen LogP contribution in [0.4, 0.5) is 5.69 Å². The number of hydrogen-bond donors (Lipinski definition) is 1. The van der Waals surface area contributed by atoms with E-state index in [2.05, 4.69) is 5.32 Å². The van der Waals surface area contributed by atoms with Crippen molar-refractivity contribution in [2.45, 2.75) is 50.6 Å².